The van der Waals surface area contributed by atoms with E-state index in [-0.39, 0.29) is 5.79 Å². The van der Waals surface area contributed by atoms with Gasteiger partial charge in [0, 0.05) is 23.9 Å². The smallest absolute Gasteiger partial charge is 0.169 e. The fourth-order valence-electron chi connectivity index (χ4n) is 3.02. The molecule has 0 bridgehead atoms. The summed E-state index contributed by atoms with van der Waals surface area (Å²) in [6, 6.07) is 4.35. The maximum Gasteiger partial charge on any atom is 0.169 e. The van der Waals surface area contributed by atoms with Gasteiger partial charge in [-0.05, 0) is 37.8 Å². The molecular formula is C14H21NO2S. The Morgan fingerprint density at radius 1 is 1.44 bits per heavy atom. The van der Waals surface area contributed by atoms with Gasteiger partial charge >= 0.3 is 0 Å². The van der Waals surface area contributed by atoms with E-state index < -0.39 is 0 Å². The van der Waals surface area contributed by atoms with Crippen LogP contribution in [0.1, 0.15) is 24.6 Å². The third-order valence-corrected chi connectivity index (χ3v) is 4.93. The van der Waals surface area contributed by atoms with Crippen molar-refractivity contribution in [1.82, 2.24) is 4.90 Å². The first-order valence-electron chi connectivity index (χ1n) is 6.79. The van der Waals surface area contributed by atoms with Crippen molar-refractivity contribution in [3.63, 3.8) is 0 Å². The molecule has 0 unspecified atom stereocenters. The molecule has 3 nitrogen and oxygen atoms in total. The Hall–Kier alpha value is -0.420. The van der Waals surface area contributed by atoms with E-state index >= 15 is 0 Å². The number of likely N-dealkylation sites (tertiary alicyclic amines) is 1. The lowest BCUT2D eigenvalue weighted by molar-refractivity contribution is -0.192. The van der Waals surface area contributed by atoms with Crippen LogP contribution < -0.4 is 0 Å². The highest BCUT2D eigenvalue weighted by atomic mass is 32.1. The van der Waals surface area contributed by atoms with E-state index in [0.29, 0.717) is 5.92 Å². The molecule has 100 valence electrons. The average molecular weight is 267 g/mol. The summed E-state index contributed by atoms with van der Waals surface area (Å²) in [6.45, 7) is 6.97. The Kier molecular flexibility index (Phi) is 3.71. The summed E-state index contributed by atoms with van der Waals surface area (Å²) in [7, 11) is 0. The number of nitrogens with zero attached hydrogens (tertiary/aromatic N) is 1. The zero-order valence-electron chi connectivity index (χ0n) is 10.9. The topological polar surface area (TPSA) is 21.7 Å². The van der Waals surface area contributed by atoms with Gasteiger partial charge in [-0.2, -0.15) is 0 Å². The molecule has 0 amide bonds. The Bertz CT molecular complexity index is 373. The van der Waals surface area contributed by atoms with Crippen LogP contribution in [0.5, 0.6) is 0 Å². The summed E-state index contributed by atoms with van der Waals surface area (Å²) in [5.74, 6) is 0.169. The van der Waals surface area contributed by atoms with Crippen molar-refractivity contribution in [1.29, 1.82) is 0 Å². The van der Waals surface area contributed by atoms with E-state index in [4.69, 9.17) is 9.47 Å². The molecule has 1 aromatic rings. The molecule has 2 saturated heterocycles. The summed E-state index contributed by atoms with van der Waals surface area (Å²) in [5, 5.41) is 2.15. The van der Waals surface area contributed by atoms with Crippen LogP contribution >= 0.6 is 11.3 Å². The molecule has 0 spiro atoms. The van der Waals surface area contributed by atoms with E-state index in [0.717, 1.165) is 26.3 Å². The predicted octanol–water partition coefficient (Wildman–Crippen LogP) is 2.72. The Balaban J connectivity index is 1.61. The average Bonchev–Trinajstić information content (AvgIpc) is 3.02. The summed E-state index contributed by atoms with van der Waals surface area (Å²) in [5.41, 5.74) is 0. The van der Waals surface area contributed by atoms with E-state index in [1.807, 2.05) is 11.3 Å². The van der Waals surface area contributed by atoms with Crippen molar-refractivity contribution in [3.8, 4) is 0 Å². The van der Waals surface area contributed by atoms with Gasteiger partial charge in [-0.15, -0.1) is 11.3 Å². The third-order valence-electron chi connectivity index (χ3n) is 4.07. The number of rotatable bonds is 3. The summed E-state index contributed by atoms with van der Waals surface area (Å²) in [6.07, 6.45) is 2.47. The first-order valence-corrected chi connectivity index (χ1v) is 7.67. The normalized spacial score (nSPS) is 28.6. The van der Waals surface area contributed by atoms with Gasteiger partial charge in [-0.3, -0.25) is 4.90 Å². The van der Waals surface area contributed by atoms with Crippen LogP contribution in [-0.2, 0) is 16.0 Å². The predicted molar refractivity (Wildman–Crippen MR) is 72.6 cm³/mol. The zero-order valence-corrected chi connectivity index (χ0v) is 11.7. The minimum atomic E-state index is -0.339. The number of ether oxygens (including phenoxy) is 2. The molecule has 0 aromatic carbocycles. The van der Waals surface area contributed by atoms with Gasteiger partial charge in [-0.25, -0.2) is 0 Å². The maximum absolute atomic E-state index is 5.82. The van der Waals surface area contributed by atoms with Gasteiger partial charge in [0.05, 0.1) is 13.2 Å². The van der Waals surface area contributed by atoms with Crippen molar-refractivity contribution in [3.05, 3.63) is 22.4 Å². The molecular weight excluding hydrogens is 246 g/mol. The highest BCUT2D eigenvalue weighted by molar-refractivity contribution is 7.09. The van der Waals surface area contributed by atoms with Crippen molar-refractivity contribution >= 4 is 11.3 Å². The summed E-state index contributed by atoms with van der Waals surface area (Å²) < 4.78 is 11.6. The van der Waals surface area contributed by atoms with Crippen LogP contribution in [0, 0.1) is 5.92 Å². The van der Waals surface area contributed by atoms with Gasteiger partial charge < -0.3 is 9.47 Å². The highest BCUT2D eigenvalue weighted by Gasteiger charge is 2.41. The highest BCUT2D eigenvalue weighted by Crippen LogP contribution is 2.34. The molecule has 2 aliphatic heterocycles. The molecule has 3 heterocycles. The number of hydrogen-bond acceptors (Lipinski definition) is 4. The Morgan fingerprint density at radius 2 is 2.28 bits per heavy atom. The lowest BCUT2D eigenvalue weighted by atomic mass is 9.90. The molecule has 2 aliphatic rings. The van der Waals surface area contributed by atoms with Crippen molar-refractivity contribution in [2.45, 2.75) is 32.1 Å². The first kappa shape index (κ1) is 12.6. The second-order valence-corrected chi connectivity index (χ2v) is 6.40. The fourth-order valence-corrected chi connectivity index (χ4v) is 3.76. The van der Waals surface area contributed by atoms with Gasteiger partial charge in [0.1, 0.15) is 0 Å². The number of hydrogen-bond donors (Lipinski definition) is 0. The SMILES string of the molecule is CC1([C@@H]2CCCN(Cc3cccs3)C2)OCCO1. The van der Waals surface area contributed by atoms with Crippen LogP contribution in [0.15, 0.2) is 17.5 Å². The van der Waals surface area contributed by atoms with Crippen LogP contribution in [0.3, 0.4) is 0 Å². The minimum absolute atomic E-state index is 0.339. The molecule has 1 aromatic heterocycles. The first-order chi connectivity index (χ1) is 8.76. The lowest BCUT2D eigenvalue weighted by Crippen LogP contribution is -2.46. The van der Waals surface area contributed by atoms with Crippen LogP contribution in [0.2, 0.25) is 0 Å². The Morgan fingerprint density at radius 3 is 3.00 bits per heavy atom. The van der Waals surface area contributed by atoms with E-state index in [2.05, 4.69) is 29.3 Å². The molecule has 18 heavy (non-hydrogen) atoms. The molecule has 3 rings (SSSR count). The minimum Gasteiger partial charge on any atom is -0.347 e. The van der Waals surface area contributed by atoms with Gasteiger partial charge in [0.2, 0.25) is 0 Å². The largest absolute Gasteiger partial charge is 0.347 e. The van der Waals surface area contributed by atoms with Crippen LogP contribution in [-0.4, -0.2) is 37.0 Å². The molecule has 1 atom stereocenters. The molecule has 0 N–H and O–H groups in total. The van der Waals surface area contributed by atoms with Crippen LogP contribution in [0.4, 0.5) is 0 Å². The second kappa shape index (κ2) is 5.29. The van der Waals surface area contributed by atoms with E-state index in [1.54, 1.807) is 0 Å². The summed E-state index contributed by atoms with van der Waals surface area (Å²) >= 11 is 1.84. The number of thiophene rings is 1. The van der Waals surface area contributed by atoms with E-state index in [9.17, 15) is 0 Å². The zero-order chi connectivity index (χ0) is 12.4. The quantitative estimate of drug-likeness (QED) is 0.840. The van der Waals surface area contributed by atoms with Crippen LogP contribution in [0.25, 0.3) is 0 Å². The molecule has 0 saturated carbocycles. The standard InChI is InChI=1S/C14H21NO2S/c1-14(16-7-8-17-14)12-4-2-6-15(10-12)11-13-5-3-9-18-13/h3,5,9,12H,2,4,6-8,10-11H2,1H3/t12-/m1/s1. The van der Waals surface area contributed by atoms with Crippen molar-refractivity contribution in [2.75, 3.05) is 26.3 Å². The summed E-state index contributed by atoms with van der Waals surface area (Å²) in [4.78, 5) is 3.99. The Labute approximate surface area is 113 Å². The second-order valence-electron chi connectivity index (χ2n) is 5.37. The molecule has 2 fully saturated rings. The van der Waals surface area contributed by atoms with Gasteiger partial charge in [0.15, 0.2) is 5.79 Å². The van der Waals surface area contributed by atoms with Crippen molar-refractivity contribution in [2.24, 2.45) is 5.92 Å². The number of piperidine rings is 1. The molecule has 4 heteroatoms. The van der Waals surface area contributed by atoms with E-state index in [1.165, 1.54) is 24.3 Å². The lowest BCUT2D eigenvalue weighted by Gasteiger charge is -2.39. The molecule has 0 aliphatic carbocycles. The monoisotopic (exact) mass is 267 g/mol. The molecule has 0 radical (unpaired) electrons. The van der Waals surface area contributed by atoms with Crippen molar-refractivity contribution < 1.29 is 9.47 Å². The fraction of sp³-hybridized carbons (Fsp3) is 0.714. The van der Waals surface area contributed by atoms with Gasteiger partial charge in [-0.1, -0.05) is 6.07 Å². The third kappa shape index (κ3) is 2.62. The maximum atomic E-state index is 5.82. The van der Waals surface area contributed by atoms with Gasteiger partial charge in [0.25, 0.3) is 0 Å².